The summed E-state index contributed by atoms with van der Waals surface area (Å²) in [6.07, 6.45) is 7.67. The predicted octanol–water partition coefficient (Wildman–Crippen LogP) is 4.08. The molecule has 0 spiro atoms. The third kappa shape index (κ3) is 7.67. The third-order valence-electron chi connectivity index (χ3n) is 2.89. The molecule has 3 nitrogen and oxygen atoms in total. The number of hydrogen-bond donors (Lipinski definition) is 2. The van der Waals surface area contributed by atoms with E-state index in [1.165, 1.54) is 32.1 Å². The van der Waals surface area contributed by atoms with Crippen LogP contribution in [0.4, 0.5) is 5.69 Å². The Morgan fingerprint density at radius 2 is 1.74 bits per heavy atom. The molecular weight excluding hydrogens is 256 g/mol. The number of anilines is 1. The van der Waals surface area contributed by atoms with Crippen molar-refractivity contribution in [1.29, 1.82) is 0 Å². The number of nitrogens with one attached hydrogen (secondary N) is 1. The van der Waals surface area contributed by atoms with Gasteiger partial charge < -0.3 is 15.8 Å². The van der Waals surface area contributed by atoms with Crippen LogP contribution in [0, 0.1) is 0 Å². The monoisotopic (exact) mass is 280 g/mol. The van der Waals surface area contributed by atoms with Gasteiger partial charge in [-0.15, -0.1) is 0 Å². The maximum absolute atomic E-state index is 5.68. The second-order valence-corrected chi connectivity index (χ2v) is 5.07. The van der Waals surface area contributed by atoms with Crippen LogP contribution in [-0.2, 0) is 0 Å². The molecule has 1 rings (SSSR count). The molecule has 1 aromatic rings. The zero-order valence-corrected chi connectivity index (χ0v) is 12.5. The van der Waals surface area contributed by atoms with Gasteiger partial charge in [0, 0.05) is 5.69 Å². The van der Waals surface area contributed by atoms with Crippen LogP contribution in [0.1, 0.15) is 45.4 Å². The maximum atomic E-state index is 5.68. The fraction of sp³-hybridized carbons (Fsp3) is 0.533. The number of rotatable bonds is 9. The van der Waals surface area contributed by atoms with E-state index >= 15 is 0 Å². The van der Waals surface area contributed by atoms with Crippen LogP contribution in [0.2, 0.25) is 0 Å². The summed E-state index contributed by atoms with van der Waals surface area (Å²) in [6.45, 7) is 3.02. The minimum absolute atomic E-state index is 0.278. The molecule has 0 aliphatic carbocycles. The molecule has 0 heterocycles. The van der Waals surface area contributed by atoms with Crippen molar-refractivity contribution in [1.82, 2.24) is 0 Å². The van der Waals surface area contributed by atoms with E-state index in [0.717, 1.165) is 24.5 Å². The summed E-state index contributed by atoms with van der Waals surface area (Å²) in [7, 11) is 0. The number of unbranched alkanes of at least 4 members (excludes halogenated alkanes) is 5. The molecule has 0 saturated carbocycles. The van der Waals surface area contributed by atoms with Crippen molar-refractivity contribution in [3.63, 3.8) is 0 Å². The Morgan fingerprint density at radius 1 is 1.11 bits per heavy atom. The average Bonchev–Trinajstić information content (AvgIpc) is 2.39. The quantitative estimate of drug-likeness (QED) is 0.528. The zero-order valence-electron chi connectivity index (χ0n) is 11.7. The zero-order chi connectivity index (χ0) is 13.9. The molecule has 3 N–H and O–H groups in total. The fourth-order valence-corrected chi connectivity index (χ4v) is 1.97. The second kappa shape index (κ2) is 9.62. The third-order valence-corrected chi connectivity index (χ3v) is 2.99. The molecule has 0 aromatic heterocycles. The highest BCUT2D eigenvalue weighted by Gasteiger charge is 1.96. The molecular formula is C15H24N2OS. The average molecular weight is 280 g/mol. The van der Waals surface area contributed by atoms with E-state index in [4.69, 9.17) is 22.7 Å². The van der Waals surface area contributed by atoms with Crippen molar-refractivity contribution in [2.75, 3.05) is 11.9 Å². The van der Waals surface area contributed by atoms with Crippen LogP contribution < -0.4 is 15.8 Å². The van der Waals surface area contributed by atoms with Crippen molar-refractivity contribution in [2.24, 2.45) is 5.73 Å². The molecule has 0 radical (unpaired) electrons. The van der Waals surface area contributed by atoms with E-state index in [-0.39, 0.29) is 5.11 Å². The first-order valence-electron chi connectivity index (χ1n) is 7.01. The molecule has 0 amide bonds. The Kier molecular flexibility index (Phi) is 7.98. The lowest BCUT2D eigenvalue weighted by Crippen LogP contribution is -2.18. The van der Waals surface area contributed by atoms with Crippen LogP contribution in [0.5, 0.6) is 5.75 Å². The van der Waals surface area contributed by atoms with E-state index in [9.17, 15) is 0 Å². The SMILES string of the molecule is CCCCCCCCOc1ccc(NC(N)=S)cc1. The van der Waals surface area contributed by atoms with Gasteiger partial charge in [0.1, 0.15) is 5.75 Å². The summed E-state index contributed by atoms with van der Waals surface area (Å²) in [5.74, 6) is 0.891. The van der Waals surface area contributed by atoms with Crippen molar-refractivity contribution < 1.29 is 4.74 Å². The van der Waals surface area contributed by atoms with Crippen LogP contribution >= 0.6 is 12.2 Å². The van der Waals surface area contributed by atoms with E-state index in [1.54, 1.807) is 0 Å². The van der Waals surface area contributed by atoms with Crippen molar-refractivity contribution in [3.05, 3.63) is 24.3 Å². The summed E-state index contributed by atoms with van der Waals surface area (Å²) >= 11 is 4.77. The Hall–Kier alpha value is -1.29. The molecule has 0 bridgehead atoms. The van der Waals surface area contributed by atoms with Gasteiger partial charge >= 0.3 is 0 Å². The van der Waals surface area contributed by atoms with Crippen LogP contribution in [0.3, 0.4) is 0 Å². The van der Waals surface area contributed by atoms with Gasteiger partial charge in [0.2, 0.25) is 0 Å². The topological polar surface area (TPSA) is 47.3 Å². The number of hydrogen-bond acceptors (Lipinski definition) is 2. The Labute approximate surface area is 121 Å². The van der Waals surface area contributed by atoms with Gasteiger partial charge in [-0.3, -0.25) is 0 Å². The summed E-state index contributed by atoms with van der Waals surface area (Å²) in [5.41, 5.74) is 6.29. The van der Waals surface area contributed by atoms with E-state index in [1.807, 2.05) is 24.3 Å². The van der Waals surface area contributed by atoms with Crippen LogP contribution in [-0.4, -0.2) is 11.7 Å². The van der Waals surface area contributed by atoms with Crippen molar-refractivity contribution in [3.8, 4) is 5.75 Å². The van der Waals surface area contributed by atoms with Gasteiger partial charge in [-0.2, -0.15) is 0 Å². The highest BCUT2D eigenvalue weighted by Crippen LogP contribution is 2.16. The van der Waals surface area contributed by atoms with Gasteiger partial charge in [0.25, 0.3) is 0 Å². The van der Waals surface area contributed by atoms with Crippen molar-refractivity contribution >= 4 is 23.0 Å². The number of benzene rings is 1. The molecule has 0 saturated heterocycles. The smallest absolute Gasteiger partial charge is 0.168 e. The molecule has 0 unspecified atom stereocenters. The summed E-state index contributed by atoms with van der Waals surface area (Å²) < 4.78 is 5.68. The molecule has 4 heteroatoms. The van der Waals surface area contributed by atoms with Crippen LogP contribution in [0.25, 0.3) is 0 Å². The van der Waals surface area contributed by atoms with Gasteiger partial charge in [0.15, 0.2) is 5.11 Å². The van der Waals surface area contributed by atoms with E-state index in [2.05, 4.69) is 12.2 Å². The molecule has 0 aliphatic rings. The lowest BCUT2D eigenvalue weighted by molar-refractivity contribution is 0.304. The van der Waals surface area contributed by atoms with Crippen molar-refractivity contribution in [2.45, 2.75) is 45.4 Å². The number of thiocarbonyl (C=S) groups is 1. The summed E-state index contributed by atoms with van der Waals surface area (Å²) in [6, 6.07) is 7.68. The minimum Gasteiger partial charge on any atom is -0.494 e. The first kappa shape index (κ1) is 15.8. The predicted molar refractivity (Wildman–Crippen MR) is 85.7 cm³/mol. The summed E-state index contributed by atoms with van der Waals surface area (Å²) in [5, 5.41) is 3.16. The van der Waals surface area contributed by atoms with E-state index in [0.29, 0.717) is 0 Å². The molecule has 106 valence electrons. The normalized spacial score (nSPS) is 10.2. The highest BCUT2D eigenvalue weighted by molar-refractivity contribution is 7.80. The standard InChI is InChI=1S/C15H24N2OS/c1-2-3-4-5-6-7-12-18-14-10-8-13(9-11-14)17-15(16)19/h8-11H,2-7,12H2,1H3,(H3,16,17,19). The van der Waals surface area contributed by atoms with Gasteiger partial charge in [-0.1, -0.05) is 39.0 Å². The molecule has 0 fully saturated rings. The second-order valence-electron chi connectivity index (χ2n) is 4.63. The Bertz CT molecular complexity index is 365. The van der Waals surface area contributed by atoms with Gasteiger partial charge in [-0.05, 0) is 42.9 Å². The van der Waals surface area contributed by atoms with Gasteiger partial charge in [0.05, 0.1) is 6.61 Å². The van der Waals surface area contributed by atoms with E-state index < -0.39 is 0 Å². The largest absolute Gasteiger partial charge is 0.494 e. The Morgan fingerprint density at radius 3 is 2.37 bits per heavy atom. The minimum atomic E-state index is 0.278. The van der Waals surface area contributed by atoms with Crippen LogP contribution in [0.15, 0.2) is 24.3 Å². The Balaban J connectivity index is 2.14. The van der Waals surface area contributed by atoms with Gasteiger partial charge in [-0.25, -0.2) is 0 Å². The lowest BCUT2D eigenvalue weighted by Gasteiger charge is -2.08. The molecule has 19 heavy (non-hydrogen) atoms. The maximum Gasteiger partial charge on any atom is 0.168 e. The lowest BCUT2D eigenvalue weighted by atomic mass is 10.1. The highest BCUT2D eigenvalue weighted by atomic mass is 32.1. The first-order chi connectivity index (χ1) is 9.22. The number of nitrogens with two attached hydrogens (primary N) is 1. The molecule has 0 atom stereocenters. The molecule has 1 aromatic carbocycles. The fourth-order valence-electron chi connectivity index (χ4n) is 1.85. The number of ether oxygens (including phenoxy) is 1. The summed E-state index contributed by atoms with van der Waals surface area (Å²) in [4.78, 5) is 0. The first-order valence-corrected chi connectivity index (χ1v) is 7.42. The molecule has 0 aliphatic heterocycles.